The van der Waals surface area contributed by atoms with Gasteiger partial charge in [0.05, 0.1) is 10.2 Å². The van der Waals surface area contributed by atoms with Gasteiger partial charge in [-0.1, -0.05) is 22.9 Å². The smallest absolute Gasteiger partial charge is 0.248 e. The molecule has 100 valence electrons. The molecule has 0 radical (unpaired) electrons. The van der Waals surface area contributed by atoms with Crippen LogP contribution in [0.2, 0.25) is 5.02 Å². The highest BCUT2D eigenvalue weighted by Crippen LogP contribution is 2.30. The van der Waals surface area contributed by atoms with E-state index in [1.54, 1.807) is 24.3 Å². The maximum absolute atomic E-state index is 11.0. The van der Waals surface area contributed by atoms with Crippen molar-refractivity contribution in [1.29, 1.82) is 0 Å². The van der Waals surface area contributed by atoms with Crippen molar-refractivity contribution in [2.75, 3.05) is 5.32 Å². The lowest BCUT2D eigenvalue weighted by atomic mass is 10.2. The summed E-state index contributed by atoms with van der Waals surface area (Å²) in [6.45, 7) is 0. The fraction of sp³-hybridized carbons (Fsp3) is 0. The van der Waals surface area contributed by atoms with Crippen molar-refractivity contribution in [2.45, 2.75) is 0 Å². The molecule has 1 heterocycles. The molecular formula is C14H10ClN3OS. The van der Waals surface area contributed by atoms with Gasteiger partial charge in [-0.3, -0.25) is 4.79 Å². The summed E-state index contributed by atoms with van der Waals surface area (Å²) in [5.74, 6) is -0.439. The Morgan fingerprint density at radius 3 is 2.65 bits per heavy atom. The number of fused-ring (bicyclic) bond motifs is 1. The molecule has 0 saturated carbocycles. The van der Waals surface area contributed by atoms with Crippen LogP contribution < -0.4 is 11.1 Å². The van der Waals surface area contributed by atoms with E-state index in [0.29, 0.717) is 10.6 Å². The molecule has 3 aromatic rings. The Morgan fingerprint density at radius 1 is 1.20 bits per heavy atom. The third-order valence-corrected chi connectivity index (χ3v) is 3.94. The normalized spacial score (nSPS) is 10.7. The number of anilines is 2. The molecular weight excluding hydrogens is 294 g/mol. The van der Waals surface area contributed by atoms with E-state index in [4.69, 9.17) is 17.3 Å². The second-order valence-corrected chi connectivity index (χ2v) is 5.66. The average Bonchev–Trinajstić information content (AvgIpc) is 2.80. The first-order valence-electron chi connectivity index (χ1n) is 5.85. The molecule has 0 bridgehead atoms. The average molecular weight is 304 g/mol. The molecule has 0 saturated heterocycles. The van der Waals surface area contributed by atoms with Crippen molar-refractivity contribution < 1.29 is 4.79 Å². The second-order valence-electron chi connectivity index (χ2n) is 4.20. The Bertz CT molecular complexity index is 783. The first-order valence-corrected chi connectivity index (χ1v) is 7.04. The van der Waals surface area contributed by atoms with Gasteiger partial charge in [-0.05, 0) is 42.5 Å². The Labute approximate surface area is 124 Å². The molecule has 20 heavy (non-hydrogen) atoms. The number of hydrogen-bond acceptors (Lipinski definition) is 4. The first-order chi connectivity index (χ1) is 9.61. The monoisotopic (exact) mass is 303 g/mol. The lowest BCUT2D eigenvalue weighted by Gasteiger charge is -2.02. The number of amides is 1. The van der Waals surface area contributed by atoms with Gasteiger partial charge in [0.2, 0.25) is 5.91 Å². The summed E-state index contributed by atoms with van der Waals surface area (Å²) in [5, 5.41) is 4.66. The first kappa shape index (κ1) is 12.9. The minimum Gasteiger partial charge on any atom is -0.366 e. The number of aromatic nitrogens is 1. The summed E-state index contributed by atoms with van der Waals surface area (Å²) < 4.78 is 1.02. The summed E-state index contributed by atoms with van der Waals surface area (Å²) in [7, 11) is 0. The highest BCUT2D eigenvalue weighted by Gasteiger charge is 2.05. The number of halogens is 1. The molecule has 6 heteroatoms. The van der Waals surface area contributed by atoms with E-state index >= 15 is 0 Å². The van der Waals surface area contributed by atoms with Crippen LogP contribution in [-0.4, -0.2) is 10.9 Å². The van der Waals surface area contributed by atoms with Crippen molar-refractivity contribution in [1.82, 2.24) is 4.98 Å². The summed E-state index contributed by atoms with van der Waals surface area (Å²) in [6, 6.07) is 12.5. The third-order valence-electron chi connectivity index (χ3n) is 2.77. The van der Waals surface area contributed by atoms with E-state index in [2.05, 4.69) is 10.3 Å². The molecule has 1 amide bonds. The van der Waals surface area contributed by atoms with Gasteiger partial charge < -0.3 is 11.1 Å². The molecule has 0 unspecified atom stereocenters. The molecule has 0 aliphatic carbocycles. The molecule has 3 rings (SSSR count). The number of rotatable bonds is 3. The summed E-state index contributed by atoms with van der Waals surface area (Å²) in [5.41, 5.74) is 7.42. The van der Waals surface area contributed by atoms with Crippen LogP contribution in [0.1, 0.15) is 10.4 Å². The van der Waals surface area contributed by atoms with E-state index in [-0.39, 0.29) is 0 Å². The van der Waals surface area contributed by atoms with Gasteiger partial charge in [-0.2, -0.15) is 0 Å². The molecule has 2 aromatic carbocycles. The van der Waals surface area contributed by atoms with Crippen LogP contribution in [-0.2, 0) is 0 Å². The maximum atomic E-state index is 11.0. The summed E-state index contributed by atoms with van der Waals surface area (Å²) >= 11 is 7.47. The van der Waals surface area contributed by atoms with Gasteiger partial charge in [-0.25, -0.2) is 4.98 Å². The number of nitrogens with two attached hydrogens (primary N) is 1. The van der Waals surface area contributed by atoms with Crippen LogP contribution >= 0.6 is 22.9 Å². The zero-order valence-electron chi connectivity index (χ0n) is 10.3. The Morgan fingerprint density at radius 2 is 1.95 bits per heavy atom. The number of carbonyl (C=O) groups is 1. The van der Waals surface area contributed by atoms with Crippen molar-refractivity contribution in [2.24, 2.45) is 5.73 Å². The number of nitrogens with one attached hydrogen (secondary N) is 1. The third kappa shape index (κ3) is 2.59. The molecule has 0 spiro atoms. The molecule has 0 atom stereocenters. The fourth-order valence-electron chi connectivity index (χ4n) is 1.79. The second kappa shape index (κ2) is 5.11. The van der Waals surface area contributed by atoms with Crippen LogP contribution in [0.15, 0.2) is 42.5 Å². The molecule has 3 N–H and O–H groups in total. The van der Waals surface area contributed by atoms with Crippen LogP contribution in [0, 0.1) is 0 Å². The molecule has 0 aliphatic rings. The lowest BCUT2D eigenvalue weighted by Crippen LogP contribution is -2.10. The number of benzene rings is 2. The summed E-state index contributed by atoms with van der Waals surface area (Å²) in [4.78, 5) is 15.5. The minimum atomic E-state index is -0.439. The molecule has 4 nitrogen and oxygen atoms in total. The number of primary amides is 1. The zero-order chi connectivity index (χ0) is 14.1. The zero-order valence-corrected chi connectivity index (χ0v) is 11.8. The molecule has 0 fully saturated rings. The Kier molecular flexibility index (Phi) is 3.30. The number of nitrogens with zero attached hydrogens (tertiary/aromatic N) is 1. The number of thiazole rings is 1. The van der Waals surface area contributed by atoms with Crippen LogP contribution in [0.5, 0.6) is 0 Å². The number of hydrogen-bond donors (Lipinski definition) is 2. The van der Waals surface area contributed by atoms with Crippen LogP contribution in [0.25, 0.3) is 10.2 Å². The highest BCUT2D eigenvalue weighted by atomic mass is 35.5. The van der Waals surface area contributed by atoms with E-state index in [1.165, 1.54) is 11.3 Å². The quantitative estimate of drug-likeness (QED) is 0.773. The van der Waals surface area contributed by atoms with E-state index in [9.17, 15) is 4.79 Å². The predicted octanol–water partition coefficient (Wildman–Crippen LogP) is 3.79. The van der Waals surface area contributed by atoms with E-state index in [0.717, 1.165) is 21.0 Å². The standard InChI is InChI=1S/C14H10ClN3OS/c15-9-3-6-11-12(7-9)20-14(18-11)17-10-4-1-8(2-5-10)13(16)19/h1-7H,(H2,16,19)(H,17,18). The maximum Gasteiger partial charge on any atom is 0.248 e. The predicted molar refractivity (Wildman–Crippen MR) is 82.9 cm³/mol. The summed E-state index contributed by atoms with van der Waals surface area (Å²) in [6.07, 6.45) is 0. The number of carbonyl (C=O) groups excluding carboxylic acids is 1. The highest BCUT2D eigenvalue weighted by molar-refractivity contribution is 7.22. The van der Waals surface area contributed by atoms with Crippen LogP contribution in [0.3, 0.4) is 0 Å². The lowest BCUT2D eigenvalue weighted by molar-refractivity contribution is 0.100. The van der Waals surface area contributed by atoms with Gasteiger partial charge in [0, 0.05) is 16.3 Å². The Hall–Kier alpha value is -2.11. The van der Waals surface area contributed by atoms with Gasteiger partial charge >= 0.3 is 0 Å². The van der Waals surface area contributed by atoms with Gasteiger partial charge in [0.25, 0.3) is 0 Å². The topological polar surface area (TPSA) is 68.0 Å². The van der Waals surface area contributed by atoms with Crippen molar-refractivity contribution in [3.63, 3.8) is 0 Å². The van der Waals surface area contributed by atoms with E-state index < -0.39 is 5.91 Å². The Balaban J connectivity index is 1.87. The van der Waals surface area contributed by atoms with Crippen molar-refractivity contribution >= 4 is 49.9 Å². The van der Waals surface area contributed by atoms with Gasteiger partial charge in [0.15, 0.2) is 5.13 Å². The van der Waals surface area contributed by atoms with Gasteiger partial charge in [0.1, 0.15) is 0 Å². The SMILES string of the molecule is NC(=O)c1ccc(Nc2nc3ccc(Cl)cc3s2)cc1. The van der Waals surface area contributed by atoms with Crippen LogP contribution in [0.4, 0.5) is 10.8 Å². The van der Waals surface area contributed by atoms with Gasteiger partial charge in [-0.15, -0.1) is 0 Å². The minimum absolute atomic E-state index is 0.439. The van der Waals surface area contributed by atoms with E-state index in [1.807, 2.05) is 18.2 Å². The van der Waals surface area contributed by atoms with Crippen molar-refractivity contribution in [3.8, 4) is 0 Å². The fourth-order valence-corrected chi connectivity index (χ4v) is 2.96. The largest absolute Gasteiger partial charge is 0.366 e. The molecule has 0 aliphatic heterocycles. The molecule has 1 aromatic heterocycles. The van der Waals surface area contributed by atoms with Crippen molar-refractivity contribution in [3.05, 3.63) is 53.1 Å².